The Morgan fingerprint density at radius 1 is 1.50 bits per heavy atom. The van der Waals surface area contributed by atoms with E-state index in [0.29, 0.717) is 12.1 Å². The van der Waals surface area contributed by atoms with E-state index in [1.165, 1.54) is 12.1 Å². The standard InChI is InChI=1S/C15H20FN3O/c1-3-19(2)10-9-18-15(20)13-7-6-12(5-4-8-17)14(16)11-13/h6-7,11H,3,8-10,17H2,1-2H3,(H,18,20). The van der Waals surface area contributed by atoms with E-state index in [0.717, 1.165) is 13.1 Å². The molecule has 1 amide bonds. The third-order valence-corrected chi connectivity index (χ3v) is 2.88. The predicted molar refractivity (Wildman–Crippen MR) is 77.8 cm³/mol. The molecule has 5 heteroatoms. The lowest BCUT2D eigenvalue weighted by Gasteiger charge is -2.14. The Morgan fingerprint density at radius 2 is 2.25 bits per heavy atom. The van der Waals surface area contributed by atoms with Crippen LogP contribution in [0, 0.1) is 17.7 Å². The topological polar surface area (TPSA) is 58.4 Å². The van der Waals surface area contributed by atoms with Gasteiger partial charge in [0.1, 0.15) is 5.82 Å². The maximum absolute atomic E-state index is 13.7. The molecule has 3 N–H and O–H groups in total. The molecule has 4 nitrogen and oxygen atoms in total. The fourth-order valence-corrected chi connectivity index (χ4v) is 1.52. The number of benzene rings is 1. The number of hydrogen-bond acceptors (Lipinski definition) is 3. The second-order valence-corrected chi connectivity index (χ2v) is 4.35. The summed E-state index contributed by atoms with van der Waals surface area (Å²) >= 11 is 0. The molecule has 0 spiro atoms. The van der Waals surface area contributed by atoms with Crippen LogP contribution in [0.4, 0.5) is 4.39 Å². The molecule has 0 bridgehead atoms. The lowest BCUT2D eigenvalue weighted by molar-refractivity contribution is 0.0949. The lowest BCUT2D eigenvalue weighted by Crippen LogP contribution is -2.32. The Labute approximate surface area is 119 Å². The first kappa shape index (κ1) is 16.2. The minimum atomic E-state index is -0.510. The van der Waals surface area contributed by atoms with E-state index in [1.807, 2.05) is 14.0 Å². The summed E-state index contributed by atoms with van der Waals surface area (Å²) in [7, 11) is 1.97. The average molecular weight is 277 g/mol. The highest BCUT2D eigenvalue weighted by Crippen LogP contribution is 2.09. The lowest BCUT2D eigenvalue weighted by atomic mass is 10.1. The van der Waals surface area contributed by atoms with Crippen LogP contribution in [0.2, 0.25) is 0 Å². The van der Waals surface area contributed by atoms with Gasteiger partial charge in [0.15, 0.2) is 0 Å². The highest BCUT2D eigenvalue weighted by Gasteiger charge is 2.08. The van der Waals surface area contributed by atoms with Crippen molar-refractivity contribution in [1.82, 2.24) is 10.2 Å². The van der Waals surface area contributed by atoms with Gasteiger partial charge in [-0.2, -0.15) is 0 Å². The molecule has 0 aliphatic rings. The zero-order valence-corrected chi connectivity index (χ0v) is 11.9. The summed E-state index contributed by atoms with van der Waals surface area (Å²) in [5, 5.41) is 2.75. The van der Waals surface area contributed by atoms with Gasteiger partial charge in [-0.1, -0.05) is 18.8 Å². The molecule has 1 rings (SSSR count). The van der Waals surface area contributed by atoms with E-state index >= 15 is 0 Å². The number of rotatable bonds is 5. The van der Waals surface area contributed by atoms with Gasteiger partial charge in [-0.05, 0) is 31.8 Å². The third kappa shape index (κ3) is 5.00. The Hall–Kier alpha value is -1.90. The zero-order valence-electron chi connectivity index (χ0n) is 11.9. The molecular weight excluding hydrogens is 257 g/mol. The molecular formula is C15H20FN3O. The normalized spacial score (nSPS) is 10.1. The largest absolute Gasteiger partial charge is 0.351 e. The minimum Gasteiger partial charge on any atom is -0.351 e. The number of likely N-dealkylation sites (N-methyl/N-ethyl adjacent to an activating group) is 1. The van der Waals surface area contributed by atoms with Crippen LogP contribution < -0.4 is 11.1 Å². The maximum Gasteiger partial charge on any atom is 0.251 e. The van der Waals surface area contributed by atoms with Crippen molar-refractivity contribution in [3.63, 3.8) is 0 Å². The van der Waals surface area contributed by atoms with E-state index in [-0.39, 0.29) is 18.0 Å². The first-order valence-corrected chi connectivity index (χ1v) is 6.53. The fourth-order valence-electron chi connectivity index (χ4n) is 1.52. The molecule has 0 fully saturated rings. The number of nitrogens with two attached hydrogens (primary N) is 1. The molecule has 1 aromatic carbocycles. The molecule has 0 radical (unpaired) electrons. The van der Waals surface area contributed by atoms with Crippen molar-refractivity contribution in [2.75, 3.05) is 33.2 Å². The van der Waals surface area contributed by atoms with Crippen molar-refractivity contribution in [1.29, 1.82) is 0 Å². The molecule has 0 aliphatic heterocycles. The summed E-state index contributed by atoms with van der Waals surface area (Å²) in [6, 6.07) is 4.24. The van der Waals surface area contributed by atoms with Crippen molar-refractivity contribution in [2.45, 2.75) is 6.92 Å². The number of nitrogens with zero attached hydrogens (tertiary/aromatic N) is 1. The van der Waals surface area contributed by atoms with Gasteiger partial charge in [0, 0.05) is 18.7 Å². The zero-order chi connectivity index (χ0) is 15.0. The van der Waals surface area contributed by atoms with Crippen LogP contribution in [-0.4, -0.2) is 44.0 Å². The second kappa shape index (κ2) is 8.31. The van der Waals surface area contributed by atoms with Crippen LogP contribution in [0.1, 0.15) is 22.8 Å². The Balaban J connectivity index is 2.63. The summed E-state index contributed by atoms with van der Waals surface area (Å²) in [5.74, 6) is 4.40. The van der Waals surface area contributed by atoms with Gasteiger partial charge >= 0.3 is 0 Å². The van der Waals surface area contributed by atoms with Crippen LogP contribution >= 0.6 is 0 Å². The molecule has 0 aromatic heterocycles. The fraction of sp³-hybridized carbons (Fsp3) is 0.400. The van der Waals surface area contributed by atoms with Crippen molar-refractivity contribution in [2.24, 2.45) is 5.73 Å². The molecule has 0 saturated heterocycles. The molecule has 0 heterocycles. The predicted octanol–water partition coefficient (Wildman–Crippen LogP) is 0.817. The highest BCUT2D eigenvalue weighted by atomic mass is 19.1. The summed E-state index contributed by atoms with van der Waals surface area (Å²) < 4.78 is 13.7. The van der Waals surface area contributed by atoms with Crippen LogP contribution in [0.3, 0.4) is 0 Å². The maximum atomic E-state index is 13.7. The minimum absolute atomic E-state index is 0.173. The molecule has 0 aliphatic carbocycles. The van der Waals surface area contributed by atoms with Crippen molar-refractivity contribution >= 4 is 5.91 Å². The van der Waals surface area contributed by atoms with E-state index in [1.54, 1.807) is 6.07 Å². The molecule has 1 aromatic rings. The Kier molecular flexibility index (Phi) is 6.71. The van der Waals surface area contributed by atoms with Crippen molar-refractivity contribution in [3.8, 4) is 11.8 Å². The smallest absolute Gasteiger partial charge is 0.251 e. The van der Waals surface area contributed by atoms with E-state index in [9.17, 15) is 9.18 Å². The van der Waals surface area contributed by atoms with Crippen LogP contribution in [0.15, 0.2) is 18.2 Å². The second-order valence-electron chi connectivity index (χ2n) is 4.35. The van der Waals surface area contributed by atoms with E-state index in [4.69, 9.17) is 5.73 Å². The number of carbonyl (C=O) groups excluding carboxylic acids is 1. The Morgan fingerprint density at radius 3 is 2.85 bits per heavy atom. The number of amides is 1. The third-order valence-electron chi connectivity index (χ3n) is 2.88. The van der Waals surface area contributed by atoms with Crippen LogP contribution in [0.25, 0.3) is 0 Å². The average Bonchev–Trinajstić information content (AvgIpc) is 2.45. The van der Waals surface area contributed by atoms with Crippen molar-refractivity contribution in [3.05, 3.63) is 35.1 Å². The van der Waals surface area contributed by atoms with E-state index < -0.39 is 5.82 Å². The first-order chi connectivity index (χ1) is 9.58. The molecule has 20 heavy (non-hydrogen) atoms. The van der Waals surface area contributed by atoms with Gasteiger partial charge in [-0.25, -0.2) is 4.39 Å². The molecule has 0 atom stereocenters. The van der Waals surface area contributed by atoms with Crippen molar-refractivity contribution < 1.29 is 9.18 Å². The summed E-state index contributed by atoms with van der Waals surface area (Å²) in [5.41, 5.74) is 5.77. The quantitative estimate of drug-likeness (QED) is 0.783. The van der Waals surface area contributed by atoms with Gasteiger partial charge in [-0.15, -0.1) is 0 Å². The monoisotopic (exact) mass is 277 g/mol. The number of halogens is 1. The Bertz CT molecular complexity index is 520. The number of carbonyl (C=O) groups is 1. The first-order valence-electron chi connectivity index (χ1n) is 6.53. The number of hydrogen-bond donors (Lipinski definition) is 2. The number of nitrogens with one attached hydrogen (secondary N) is 1. The van der Waals surface area contributed by atoms with Crippen LogP contribution in [-0.2, 0) is 0 Å². The van der Waals surface area contributed by atoms with Gasteiger partial charge in [-0.3, -0.25) is 4.79 Å². The van der Waals surface area contributed by atoms with E-state index in [2.05, 4.69) is 22.1 Å². The molecule has 0 saturated carbocycles. The highest BCUT2D eigenvalue weighted by molar-refractivity contribution is 5.94. The van der Waals surface area contributed by atoms with Gasteiger partial charge < -0.3 is 16.0 Å². The summed E-state index contributed by atoms with van der Waals surface area (Å²) in [6.07, 6.45) is 0. The molecule has 108 valence electrons. The summed E-state index contributed by atoms with van der Waals surface area (Å²) in [6.45, 7) is 4.41. The van der Waals surface area contributed by atoms with Gasteiger partial charge in [0.05, 0.1) is 12.1 Å². The summed E-state index contributed by atoms with van der Waals surface area (Å²) in [4.78, 5) is 13.9. The van der Waals surface area contributed by atoms with Gasteiger partial charge in [0.2, 0.25) is 0 Å². The van der Waals surface area contributed by atoms with Gasteiger partial charge in [0.25, 0.3) is 5.91 Å². The molecule has 0 unspecified atom stereocenters. The van der Waals surface area contributed by atoms with Crippen LogP contribution in [0.5, 0.6) is 0 Å². The SMILES string of the molecule is CCN(C)CCNC(=O)c1ccc(C#CCN)c(F)c1.